The molecule has 3 atom stereocenters. The third-order valence-corrected chi connectivity index (χ3v) is 10.8. The van der Waals surface area contributed by atoms with Gasteiger partial charge in [-0.05, 0) is 54.1 Å². The van der Waals surface area contributed by atoms with E-state index in [-0.39, 0.29) is 10.7 Å². The molecule has 0 spiro atoms. The van der Waals surface area contributed by atoms with Crippen molar-refractivity contribution in [2.75, 3.05) is 17.3 Å². The molecular formula is C30H20Cl2F3N3O5S2. The number of fused-ring (bicyclic) bond motifs is 2. The minimum absolute atomic E-state index is 0.204. The molecule has 3 amide bonds. The van der Waals surface area contributed by atoms with Gasteiger partial charge < -0.3 is 10.1 Å². The van der Waals surface area contributed by atoms with Crippen LogP contribution in [0.3, 0.4) is 0 Å². The highest BCUT2D eigenvalue weighted by Gasteiger charge is 2.57. The molecule has 232 valence electrons. The lowest BCUT2D eigenvalue weighted by atomic mass is 9.83. The summed E-state index contributed by atoms with van der Waals surface area (Å²) >= 11 is 13.8. The molecule has 2 aliphatic rings. The minimum atomic E-state index is -4.69. The fraction of sp³-hybridized carbons (Fsp3) is 0.200. The van der Waals surface area contributed by atoms with E-state index in [4.69, 9.17) is 27.9 Å². The van der Waals surface area contributed by atoms with Gasteiger partial charge in [0.1, 0.15) is 17.5 Å². The number of carbonyl (C=O) groups is 3. The van der Waals surface area contributed by atoms with Crippen molar-refractivity contribution in [2.24, 2.45) is 5.92 Å². The zero-order valence-corrected chi connectivity index (χ0v) is 26.1. The fourth-order valence-electron chi connectivity index (χ4n) is 5.42. The van der Waals surface area contributed by atoms with Crippen LogP contribution in [0.5, 0.6) is 5.75 Å². The van der Waals surface area contributed by atoms with Crippen LogP contribution in [0.25, 0.3) is 0 Å². The molecule has 3 heterocycles. The highest BCUT2D eigenvalue weighted by Crippen LogP contribution is 2.54. The largest absolute Gasteiger partial charge is 0.497 e. The summed E-state index contributed by atoms with van der Waals surface area (Å²) in [7, 11) is 1.49. The number of ether oxygens (including phenoxy) is 1. The third-order valence-electron chi connectivity index (χ3n) is 7.46. The van der Waals surface area contributed by atoms with Gasteiger partial charge in [0, 0.05) is 16.5 Å². The summed E-state index contributed by atoms with van der Waals surface area (Å²) in [4.78, 5) is 54.9. The summed E-state index contributed by atoms with van der Waals surface area (Å²) in [5.41, 5.74) is -0.266. The van der Waals surface area contributed by atoms with Crippen molar-refractivity contribution in [3.63, 3.8) is 0 Å². The van der Waals surface area contributed by atoms with Crippen LogP contribution in [0, 0.1) is 5.92 Å². The van der Waals surface area contributed by atoms with Crippen LogP contribution in [-0.4, -0.2) is 34.6 Å². The van der Waals surface area contributed by atoms with Gasteiger partial charge in [-0.3, -0.25) is 23.7 Å². The number of aromatic nitrogens is 1. The van der Waals surface area contributed by atoms with Crippen LogP contribution in [-0.2, 0) is 27.1 Å². The summed E-state index contributed by atoms with van der Waals surface area (Å²) in [6.07, 6.45) is -4.69. The minimum Gasteiger partial charge on any atom is -0.497 e. The third kappa shape index (κ3) is 5.73. The van der Waals surface area contributed by atoms with E-state index >= 15 is 0 Å². The number of halogens is 5. The first kappa shape index (κ1) is 31.2. The zero-order valence-electron chi connectivity index (χ0n) is 22.9. The molecule has 1 saturated heterocycles. The number of amides is 3. The fourth-order valence-corrected chi connectivity index (χ4v) is 8.49. The Morgan fingerprint density at radius 3 is 2.38 bits per heavy atom. The number of benzene rings is 3. The quantitative estimate of drug-likeness (QED) is 0.227. The van der Waals surface area contributed by atoms with Crippen molar-refractivity contribution in [1.82, 2.24) is 4.57 Å². The lowest BCUT2D eigenvalue weighted by Gasteiger charge is -2.30. The van der Waals surface area contributed by atoms with Gasteiger partial charge in [-0.1, -0.05) is 64.5 Å². The molecular weight excluding hydrogens is 674 g/mol. The lowest BCUT2D eigenvalue weighted by Crippen LogP contribution is -2.33. The van der Waals surface area contributed by atoms with Gasteiger partial charge >= 0.3 is 11.0 Å². The Hall–Kier alpha value is -3.78. The average molecular weight is 695 g/mol. The maximum atomic E-state index is 14.0. The second-order valence-corrected chi connectivity index (χ2v) is 13.1. The summed E-state index contributed by atoms with van der Waals surface area (Å²) < 4.78 is 47.0. The first-order valence-corrected chi connectivity index (χ1v) is 15.7. The maximum absolute atomic E-state index is 14.0. The van der Waals surface area contributed by atoms with E-state index in [1.54, 1.807) is 30.3 Å². The van der Waals surface area contributed by atoms with Gasteiger partial charge in [0.15, 0.2) is 0 Å². The normalized spacial score (nSPS) is 19.3. The molecule has 6 rings (SSSR count). The first-order chi connectivity index (χ1) is 21.4. The molecule has 2 aliphatic heterocycles. The van der Waals surface area contributed by atoms with E-state index < -0.39 is 58.0 Å². The van der Waals surface area contributed by atoms with Crippen molar-refractivity contribution < 1.29 is 32.3 Å². The Morgan fingerprint density at radius 1 is 0.978 bits per heavy atom. The van der Waals surface area contributed by atoms with Crippen LogP contribution in [0.4, 0.5) is 24.5 Å². The summed E-state index contributed by atoms with van der Waals surface area (Å²) in [6.45, 7) is -0.413. The molecule has 4 aromatic rings. The number of hydrogen-bond acceptors (Lipinski definition) is 7. The average Bonchev–Trinajstić information content (AvgIpc) is 3.44. The Kier molecular flexibility index (Phi) is 8.23. The van der Waals surface area contributed by atoms with Crippen LogP contribution < -0.4 is 19.8 Å². The molecule has 0 saturated carbocycles. The Bertz CT molecular complexity index is 1910. The topological polar surface area (TPSA) is 97.7 Å². The van der Waals surface area contributed by atoms with Crippen molar-refractivity contribution >= 4 is 75.4 Å². The van der Waals surface area contributed by atoms with E-state index in [9.17, 15) is 32.3 Å². The van der Waals surface area contributed by atoms with Crippen LogP contribution in [0.1, 0.15) is 21.9 Å². The van der Waals surface area contributed by atoms with E-state index in [1.165, 1.54) is 29.9 Å². The Labute approximate surface area is 271 Å². The molecule has 8 nitrogen and oxygen atoms in total. The second kappa shape index (κ2) is 11.9. The number of anilines is 2. The standard InChI is InChI=1S/C30H20Cl2F3N3O5S2/c1-43-18-8-5-14(6-9-18)22-23-24(27(41)38(26(23)40)17-4-2-3-15(11-17)30(33,34)35)44-28-25(22)45-29(42)37(28)13-21(39)36-16-7-10-19(31)20(32)12-16/h2-12,22-24H,13H2,1H3,(H,36,39)/t22-,23-,24+/m0/s1. The molecule has 0 unspecified atom stereocenters. The van der Waals surface area contributed by atoms with Gasteiger partial charge in [0.2, 0.25) is 17.7 Å². The van der Waals surface area contributed by atoms with Crippen LogP contribution in [0.15, 0.2) is 76.6 Å². The monoisotopic (exact) mass is 693 g/mol. The van der Waals surface area contributed by atoms with Gasteiger partial charge in [0.05, 0.1) is 39.3 Å². The number of nitrogens with one attached hydrogen (secondary N) is 1. The molecule has 0 radical (unpaired) electrons. The predicted octanol–water partition coefficient (Wildman–Crippen LogP) is 6.68. The zero-order chi connectivity index (χ0) is 32.2. The van der Waals surface area contributed by atoms with Gasteiger partial charge in [-0.25, -0.2) is 4.90 Å². The number of thioether (sulfide) groups is 1. The number of alkyl halides is 3. The van der Waals surface area contributed by atoms with Crippen LogP contribution >= 0.6 is 46.3 Å². The molecule has 15 heteroatoms. The Balaban J connectivity index is 1.40. The van der Waals surface area contributed by atoms with Gasteiger partial charge in [-0.15, -0.1) is 0 Å². The highest BCUT2D eigenvalue weighted by atomic mass is 35.5. The van der Waals surface area contributed by atoms with Gasteiger partial charge in [-0.2, -0.15) is 13.2 Å². The van der Waals surface area contributed by atoms with Crippen LogP contribution in [0.2, 0.25) is 10.0 Å². The Morgan fingerprint density at radius 2 is 1.71 bits per heavy atom. The number of rotatable bonds is 6. The van der Waals surface area contributed by atoms with E-state index in [1.807, 2.05) is 0 Å². The maximum Gasteiger partial charge on any atom is 0.416 e. The SMILES string of the molecule is COc1ccc([C@@H]2c3sc(=O)n(CC(=O)Nc4ccc(Cl)c(Cl)c4)c3S[C@H]3C(=O)N(c4cccc(C(F)(F)F)c4)C(=O)[C@@H]23)cc1. The van der Waals surface area contributed by atoms with E-state index in [2.05, 4.69) is 5.32 Å². The highest BCUT2D eigenvalue weighted by molar-refractivity contribution is 8.00. The van der Waals surface area contributed by atoms with Crippen molar-refractivity contribution in [1.29, 1.82) is 0 Å². The first-order valence-electron chi connectivity index (χ1n) is 13.2. The van der Waals surface area contributed by atoms with Gasteiger partial charge in [0.25, 0.3) is 0 Å². The van der Waals surface area contributed by atoms with E-state index in [0.29, 0.717) is 31.9 Å². The van der Waals surface area contributed by atoms with Crippen molar-refractivity contribution in [2.45, 2.75) is 28.9 Å². The number of nitrogens with zero attached hydrogens (tertiary/aromatic N) is 2. The molecule has 1 N–H and O–H groups in total. The summed E-state index contributed by atoms with van der Waals surface area (Å²) in [5.74, 6) is -3.27. The summed E-state index contributed by atoms with van der Waals surface area (Å²) in [5, 5.41) is 2.42. The molecule has 3 aromatic carbocycles. The number of methoxy groups -OCH3 is 1. The van der Waals surface area contributed by atoms with Crippen molar-refractivity contribution in [3.05, 3.63) is 102 Å². The molecule has 0 aliphatic carbocycles. The number of thiazole rings is 1. The number of hydrogen-bond donors (Lipinski definition) is 1. The molecule has 45 heavy (non-hydrogen) atoms. The number of carbonyl (C=O) groups excluding carboxylic acids is 3. The lowest BCUT2D eigenvalue weighted by molar-refractivity contribution is -0.137. The number of imide groups is 1. The predicted molar refractivity (Wildman–Crippen MR) is 166 cm³/mol. The molecule has 0 bridgehead atoms. The molecule has 1 fully saturated rings. The van der Waals surface area contributed by atoms with E-state index in [0.717, 1.165) is 46.2 Å². The molecule has 1 aromatic heterocycles. The second-order valence-electron chi connectivity index (χ2n) is 10.2. The smallest absolute Gasteiger partial charge is 0.416 e. The summed E-state index contributed by atoms with van der Waals surface area (Å²) in [6, 6.07) is 15.3. The van der Waals surface area contributed by atoms with Crippen molar-refractivity contribution in [3.8, 4) is 5.75 Å².